The fourth-order valence-electron chi connectivity index (χ4n) is 1.05. The predicted octanol–water partition coefficient (Wildman–Crippen LogP) is 3.08. The highest BCUT2D eigenvalue weighted by Gasteiger charge is 2.16. The average molecular weight is 196 g/mol. The van der Waals surface area contributed by atoms with Crippen LogP contribution in [0.15, 0.2) is 0 Å². The predicted molar refractivity (Wildman–Crippen MR) is 61.9 cm³/mol. The molecule has 0 heterocycles. The molecule has 1 N–H and O–H groups in total. The van der Waals surface area contributed by atoms with E-state index in [0.29, 0.717) is 18.3 Å². The Morgan fingerprint density at radius 1 is 1.14 bits per heavy atom. The molecule has 0 aromatic carbocycles. The van der Waals surface area contributed by atoms with E-state index in [1.165, 1.54) is 0 Å². The number of aliphatic hydroxyl groups is 1. The SMILES string of the molecule is CC(C)C(C)C(O)CC#CC(C)(C)C. The van der Waals surface area contributed by atoms with Gasteiger partial charge in [-0.15, -0.1) is 5.92 Å². The zero-order valence-corrected chi connectivity index (χ0v) is 10.4. The standard InChI is InChI=1S/C13H24O/c1-10(2)11(3)12(14)8-7-9-13(4,5)6/h10-12,14H,8H2,1-6H3. The third-order valence-electron chi connectivity index (χ3n) is 2.43. The quantitative estimate of drug-likeness (QED) is 0.688. The highest BCUT2D eigenvalue weighted by atomic mass is 16.3. The zero-order chi connectivity index (χ0) is 11.4. The van der Waals surface area contributed by atoms with Gasteiger partial charge in [0.15, 0.2) is 0 Å². The smallest absolute Gasteiger partial charge is 0.0677 e. The summed E-state index contributed by atoms with van der Waals surface area (Å²) >= 11 is 0. The Labute approximate surface area is 88.9 Å². The molecule has 0 spiro atoms. The maximum absolute atomic E-state index is 9.78. The maximum atomic E-state index is 9.78. The van der Waals surface area contributed by atoms with Gasteiger partial charge in [-0.05, 0) is 32.6 Å². The molecule has 0 aliphatic carbocycles. The number of aliphatic hydroxyl groups excluding tert-OH is 1. The molecule has 0 aromatic rings. The summed E-state index contributed by atoms with van der Waals surface area (Å²) in [5, 5.41) is 9.78. The Kier molecular flexibility index (Phi) is 5.23. The molecule has 0 rings (SSSR count). The lowest BCUT2D eigenvalue weighted by Crippen LogP contribution is -2.21. The molecule has 1 heteroatoms. The van der Waals surface area contributed by atoms with Gasteiger partial charge in [-0.25, -0.2) is 0 Å². The average Bonchev–Trinajstić information content (AvgIpc) is 2.00. The highest BCUT2D eigenvalue weighted by molar-refractivity contribution is 5.08. The van der Waals surface area contributed by atoms with Crippen molar-refractivity contribution in [2.45, 2.75) is 54.1 Å². The molecule has 0 aliphatic heterocycles. The molecule has 0 saturated heterocycles. The molecule has 2 atom stereocenters. The first-order valence-electron chi connectivity index (χ1n) is 5.42. The Bertz CT molecular complexity index is 212. The molecule has 82 valence electrons. The van der Waals surface area contributed by atoms with Gasteiger partial charge in [-0.2, -0.15) is 0 Å². The first kappa shape index (κ1) is 13.5. The highest BCUT2D eigenvalue weighted by Crippen LogP contribution is 2.17. The minimum atomic E-state index is -0.287. The van der Waals surface area contributed by atoms with Gasteiger partial charge in [0.1, 0.15) is 0 Å². The first-order valence-corrected chi connectivity index (χ1v) is 5.42. The zero-order valence-electron chi connectivity index (χ0n) is 10.4. The fourth-order valence-corrected chi connectivity index (χ4v) is 1.05. The number of rotatable bonds is 3. The maximum Gasteiger partial charge on any atom is 0.0677 e. The van der Waals surface area contributed by atoms with Gasteiger partial charge >= 0.3 is 0 Å². The largest absolute Gasteiger partial charge is 0.392 e. The van der Waals surface area contributed by atoms with E-state index in [1.54, 1.807) is 0 Å². The van der Waals surface area contributed by atoms with Crippen LogP contribution in [0, 0.1) is 29.1 Å². The summed E-state index contributed by atoms with van der Waals surface area (Å²) in [6.45, 7) is 12.6. The Morgan fingerprint density at radius 2 is 1.64 bits per heavy atom. The molecule has 0 aliphatic rings. The molecule has 1 nitrogen and oxygen atoms in total. The van der Waals surface area contributed by atoms with E-state index in [9.17, 15) is 5.11 Å². The van der Waals surface area contributed by atoms with Crippen molar-refractivity contribution in [1.29, 1.82) is 0 Å². The van der Waals surface area contributed by atoms with E-state index in [1.807, 2.05) is 0 Å². The summed E-state index contributed by atoms with van der Waals surface area (Å²) in [5.74, 6) is 7.04. The van der Waals surface area contributed by atoms with E-state index in [0.717, 1.165) is 0 Å². The Morgan fingerprint density at radius 3 is 2.00 bits per heavy atom. The van der Waals surface area contributed by atoms with Crippen molar-refractivity contribution in [2.75, 3.05) is 0 Å². The number of hydrogen-bond acceptors (Lipinski definition) is 1. The molecular weight excluding hydrogens is 172 g/mol. The lowest BCUT2D eigenvalue weighted by atomic mass is 9.90. The molecule has 0 fully saturated rings. The summed E-state index contributed by atoms with van der Waals surface area (Å²) < 4.78 is 0. The summed E-state index contributed by atoms with van der Waals surface area (Å²) in [4.78, 5) is 0. The summed E-state index contributed by atoms with van der Waals surface area (Å²) in [5.41, 5.74) is 0.0424. The van der Waals surface area contributed by atoms with Crippen LogP contribution < -0.4 is 0 Å². The lowest BCUT2D eigenvalue weighted by molar-refractivity contribution is 0.0964. The third kappa shape index (κ3) is 6.05. The molecular formula is C13H24O. The van der Waals surface area contributed by atoms with Crippen LogP contribution >= 0.6 is 0 Å². The van der Waals surface area contributed by atoms with Gasteiger partial charge in [0.25, 0.3) is 0 Å². The summed E-state index contributed by atoms with van der Waals surface area (Å²) in [6.07, 6.45) is 0.307. The first-order chi connectivity index (χ1) is 6.24. The van der Waals surface area contributed by atoms with Crippen molar-refractivity contribution >= 4 is 0 Å². The molecule has 0 radical (unpaired) electrons. The molecule has 14 heavy (non-hydrogen) atoms. The van der Waals surface area contributed by atoms with Gasteiger partial charge in [0, 0.05) is 11.8 Å². The Balaban J connectivity index is 4.06. The van der Waals surface area contributed by atoms with Crippen LogP contribution in [-0.2, 0) is 0 Å². The van der Waals surface area contributed by atoms with E-state index in [2.05, 4.69) is 53.4 Å². The second-order valence-electron chi connectivity index (χ2n) is 5.43. The normalized spacial score (nSPS) is 16.0. The van der Waals surface area contributed by atoms with Gasteiger partial charge in [-0.1, -0.05) is 26.7 Å². The van der Waals surface area contributed by atoms with Crippen molar-refractivity contribution in [1.82, 2.24) is 0 Å². The van der Waals surface area contributed by atoms with Gasteiger partial charge in [0.2, 0.25) is 0 Å². The minimum Gasteiger partial charge on any atom is -0.392 e. The van der Waals surface area contributed by atoms with Crippen molar-refractivity contribution < 1.29 is 5.11 Å². The van der Waals surface area contributed by atoms with Gasteiger partial charge in [-0.3, -0.25) is 0 Å². The van der Waals surface area contributed by atoms with E-state index in [4.69, 9.17) is 0 Å². The van der Waals surface area contributed by atoms with E-state index >= 15 is 0 Å². The van der Waals surface area contributed by atoms with E-state index < -0.39 is 0 Å². The molecule has 0 saturated carbocycles. The van der Waals surface area contributed by atoms with E-state index in [-0.39, 0.29) is 11.5 Å². The van der Waals surface area contributed by atoms with Crippen molar-refractivity contribution in [2.24, 2.45) is 17.3 Å². The molecule has 0 amide bonds. The van der Waals surface area contributed by atoms with Crippen LogP contribution in [0.2, 0.25) is 0 Å². The molecule has 0 aromatic heterocycles. The summed E-state index contributed by atoms with van der Waals surface area (Å²) in [6, 6.07) is 0. The molecule has 2 unspecified atom stereocenters. The van der Waals surface area contributed by atoms with Crippen LogP contribution in [0.3, 0.4) is 0 Å². The minimum absolute atomic E-state index is 0.0424. The van der Waals surface area contributed by atoms with Crippen LogP contribution in [0.4, 0.5) is 0 Å². The number of hydrogen-bond donors (Lipinski definition) is 1. The second-order valence-corrected chi connectivity index (χ2v) is 5.43. The van der Waals surface area contributed by atoms with Crippen LogP contribution in [0.1, 0.15) is 48.0 Å². The lowest BCUT2D eigenvalue weighted by Gasteiger charge is -2.20. The van der Waals surface area contributed by atoms with Crippen molar-refractivity contribution in [3.63, 3.8) is 0 Å². The van der Waals surface area contributed by atoms with Crippen LogP contribution in [0.5, 0.6) is 0 Å². The fraction of sp³-hybridized carbons (Fsp3) is 0.846. The van der Waals surface area contributed by atoms with Crippen LogP contribution in [0.25, 0.3) is 0 Å². The van der Waals surface area contributed by atoms with Gasteiger partial charge in [0.05, 0.1) is 6.10 Å². The van der Waals surface area contributed by atoms with Gasteiger partial charge < -0.3 is 5.11 Å². The topological polar surface area (TPSA) is 20.2 Å². The monoisotopic (exact) mass is 196 g/mol. The summed E-state index contributed by atoms with van der Waals surface area (Å²) in [7, 11) is 0. The van der Waals surface area contributed by atoms with Crippen molar-refractivity contribution in [3.8, 4) is 11.8 Å². The van der Waals surface area contributed by atoms with Crippen molar-refractivity contribution in [3.05, 3.63) is 0 Å². The van der Waals surface area contributed by atoms with Crippen LogP contribution in [-0.4, -0.2) is 11.2 Å². The second kappa shape index (κ2) is 5.41. The Hall–Kier alpha value is -0.480. The third-order valence-corrected chi connectivity index (χ3v) is 2.43. The molecule has 0 bridgehead atoms.